The summed E-state index contributed by atoms with van der Waals surface area (Å²) in [5, 5.41) is 4.29. The van der Waals surface area contributed by atoms with Crippen LogP contribution in [-0.4, -0.2) is 24.5 Å². The van der Waals surface area contributed by atoms with Crippen molar-refractivity contribution in [1.29, 1.82) is 0 Å². The van der Waals surface area contributed by atoms with Gasteiger partial charge in [-0.15, -0.1) is 0 Å². The fourth-order valence-electron chi connectivity index (χ4n) is 4.66. The summed E-state index contributed by atoms with van der Waals surface area (Å²) in [7, 11) is 0. The van der Waals surface area contributed by atoms with Gasteiger partial charge < -0.3 is 14.8 Å². The summed E-state index contributed by atoms with van der Waals surface area (Å²) in [5.41, 5.74) is 6.93. The zero-order chi connectivity index (χ0) is 22.1. The molecule has 0 spiro atoms. The molecule has 5 nitrogen and oxygen atoms in total. The van der Waals surface area contributed by atoms with Crippen LogP contribution >= 0.6 is 12.2 Å². The molecular formula is C26H25N5S. The summed E-state index contributed by atoms with van der Waals surface area (Å²) in [6.07, 6.45) is 5.54. The molecule has 5 rings (SSSR count). The van der Waals surface area contributed by atoms with Crippen LogP contribution in [0.15, 0.2) is 85.3 Å². The number of pyridine rings is 2. The summed E-state index contributed by atoms with van der Waals surface area (Å²) in [6.45, 7) is 5.03. The number of aromatic nitrogens is 3. The fourth-order valence-corrected chi connectivity index (χ4v) is 4.97. The lowest BCUT2D eigenvalue weighted by Crippen LogP contribution is -2.29. The first-order valence-corrected chi connectivity index (χ1v) is 11.2. The third-order valence-corrected chi connectivity index (χ3v) is 6.43. The number of nitrogens with zero attached hydrogens (tertiary/aromatic N) is 4. The van der Waals surface area contributed by atoms with Gasteiger partial charge in [0, 0.05) is 42.2 Å². The second kappa shape index (κ2) is 8.55. The number of benzene rings is 1. The fraction of sp³-hybridized carbons (Fsp3) is 0.192. The van der Waals surface area contributed by atoms with Gasteiger partial charge in [0.05, 0.1) is 17.8 Å². The Balaban J connectivity index is 1.62. The van der Waals surface area contributed by atoms with Gasteiger partial charge in [0.2, 0.25) is 0 Å². The molecule has 0 amide bonds. The van der Waals surface area contributed by atoms with E-state index in [1.54, 1.807) is 6.20 Å². The molecule has 1 aromatic carbocycles. The molecular weight excluding hydrogens is 414 g/mol. The molecule has 1 N–H and O–H groups in total. The van der Waals surface area contributed by atoms with E-state index in [2.05, 4.69) is 81.1 Å². The second-order valence-corrected chi connectivity index (χ2v) is 8.50. The van der Waals surface area contributed by atoms with E-state index >= 15 is 0 Å². The molecule has 0 radical (unpaired) electrons. The third kappa shape index (κ3) is 3.67. The van der Waals surface area contributed by atoms with Crippen LogP contribution in [0.3, 0.4) is 0 Å². The maximum Gasteiger partial charge on any atom is 0.170 e. The summed E-state index contributed by atoms with van der Waals surface area (Å²) in [5.74, 6) is 0. The number of aryl methyl sites for hydroxylation is 1. The van der Waals surface area contributed by atoms with Gasteiger partial charge >= 0.3 is 0 Å². The first-order chi connectivity index (χ1) is 15.6. The highest BCUT2D eigenvalue weighted by Gasteiger charge is 2.41. The smallest absolute Gasteiger partial charge is 0.170 e. The van der Waals surface area contributed by atoms with E-state index < -0.39 is 0 Å². The minimum Gasteiger partial charge on any atom is -0.352 e. The Bertz CT molecular complexity index is 1220. The SMILES string of the molecule is Cc1cc([C@@H]2[C@H](c3ccccn3)NC(=S)N2Cc2cccnc2)c(C)n1-c1ccccc1. The van der Waals surface area contributed by atoms with Crippen LogP contribution in [0, 0.1) is 13.8 Å². The highest BCUT2D eigenvalue weighted by molar-refractivity contribution is 7.80. The number of thiocarbonyl (C=S) groups is 1. The topological polar surface area (TPSA) is 46.0 Å². The van der Waals surface area contributed by atoms with Gasteiger partial charge in [-0.25, -0.2) is 0 Å². The zero-order valence-electron chi connectivity index (χ0n) is 18.1. The van der Waals surface area contributed by atoms with Crippen molar-refractivity contribution in [2.45, 2.75) is 32.5 Å². The molecule has 6 heteroatoms. The minimum absolute atomic E-state index is 0.0151. The van der Waals surface area contributed by atoms with Crippen LogP contribution in [0.4, 0.5) is 0 Å². The van der Waals surface area contributed by atoms with Gasteiger partial charge in [0.15, 0.2) is 5.11 Å². The number of para-hydroxylation sites is 1. The molecule has 0 unspecified atom stereocenters. The van der Waals surface area contributed by atoms with E-state index in [0.717, 1.165) is 22.1 Å². The molecule has 2 atom stereocenters. The second-order valence-electron chi connectivity index (χ2n) is 8.11. The van der Waals surface area contributed by atoms with Gasteiger partial charge in [0.1, 0.15) is 0 Å². The van der Waals surface area contributed by atoms with Crippen molar-refractivity contribution in [1.82, 2.24) is 24.8 Å². The monoisotopic (exact) mass is 439 g/mol. The zero-order valence-corrected chi connectivity index (χ0v) is 19.0. The van der Waals surface area contributed by atoms with Crippen molar-refractivity contribution < 1.29 is 0 Å². The lowest BCUT2D eigenvalue weighted by molar-refractivity contribution is 0.310. The van der Waals surface area contributed by atoms with Crippen LogP contribution < -0.4 is 5.32 Å². The summed E-state index contributed by atoms with van der Waals surface area (Å²) in [4.78, 5) is 11.2. The highest BCUT2D eigenvalue weighted by Crippen LogP contribution is 2.42. The molecule has 3 aromatic heterocycles. The number of rotatable bonds is 5. The standard InChI is InChI=1S/C26H25N5S/c1-18-15-22(19(2)31(18)21-10-4-3-5-11-21)25-24(23-12-6-7-14-28-23)29-26(32)30(25)17-20-9-8-13-27-16-20/h3-16,24-25H,17H2,1-2H3,(H,29,32)/t24-,25+/m0/s1. The maximum absolute atomic E-state index is 5.83. The van der Waals surface area contributed by atoms with E-state index in [-0.39, 0.29) is 12.1 Å². The average molecular weight is 440 g/mol. The molecule has 1 aliphatic heterocycles. The lowest BCUT2D eigenvalue weighted by atomic mass is 9.96. The molecule has 1 saturated heterocycles. The van der Waals surface area contributed by atoms with E-state index in [1.807, 2.05) is 36.7 Å². The largest absolute Gasteiger partial charge is 0.352 e. The first-order valence-electron chi connectivity index (χ1n) is 10.7. The van der Waals surface area contributed by atoms with Crippen molar-refractivity contribution in [3.05, 3.63) is 114 Å². The molecule has 0 saturated carbocycles. The molecule has 0 bridgehead atoms. The number of nitrogens with one attached hydrogen (secondary N) is 1. The molecule has 0 aliphatic carbocycles. The van der Waals surface area contributed by atoms with Gasteiger partial charge in [-0.05, 0) is 73.6 Å². The first kappa shape index (κ1) is 20.4. The molecule has 4 aromatic rings. The number of hydrogen-bond donors (Lipinski definition) is 1. The molecule has 32 heavy (non-hydrogen) atoms. The summed E-state index contributed by atoms with van der Waals surface area (Å²) >= 11 is 5.83. The predicted molar refractivity (Wildman–Crippen MR) is 130 cm³/mol. The highest BCUT2D eigenvalue weighted by atomic mass is 32.1. The van der Waals surface area contributed by atoms with Crippen molar-refractivity contribution in [2.24, 2.45) is 0 Å². The molecule has 4 heterocycles. The van der Waals surface area contributed by atoms with Crippen molar-refractivity contribution in [3.8, 4) is 5.69 Å². The third-order valence-electron chi connectivity index (χ3n) is 6.08. The van der Waals surface area contributed by atoms with Crippen LogP contribution in [0.25, 0.3) is 5.69 Å². The van der Waals surface area contributed by atoms with Crippen molar-refractivity contribution in [2.75, 3.05) is 0 Å². The van der Waals surface area contributed by atoms with Crippen molar-refractivity contribution in [3.63, 3.8) is 0 Å². The maximum atomic E-state index is 5.83. The van der Waals surface area contributed by atoms with Crippen molar-refractivity contribution >= 4 is 17.3 Å². The Kier molecular flexibility index (Phi) is 5.45. The van der Waals surface area contributed by atoms with Gasteiger partial charge in [-0.1, -0.05) is 30.3 Å². The summed E-state index contributed by atoms with van der Waals surface area (Å²) < 4.78 is 2.31. The summed E-state index contributed by atoms with van der Waals surface area (Å²) in [6, 6.07) is 22.8. The van der Waals surface area contributed by atoms with E-state index in [1.165, 1.54) is 17.0 Å². The lowest BCUT2D eigenvalue weighted by Gasteiger charge is -2.28. The number of hydrogen-bond acceptors (Lipinski definition) is 3. The minimum atomic E-state index is -0.0369. The Morgan fingerprint density at radius 1 is 0.969 bits per heavy atom. The Labute approximate surface area is 193 Å². The van der Waals surface area contributed by atoms with Gasteiger partial charge in [0.25, 0.3) is 0 Å². The molecule has 1 fully saturated rings. The van der Waals surface area contributed by atoms with Gasteiger partial charge in [-0.3, -0.25) is 9.97 Å². The normalized spacial score (nSPS) is 18.1. The van der Waals surface area contributed by atoms with Crippen LogP contribution in [0.2, 0.25) is 0 Å². The Hall–Kier alpha value is -3.51. The van der Waals surface area contributed by atoms with Crippen LogP contribution in [-0.2, 0) is 6.54 Å². The van der Waals surface area contributed by atoms with E-state index in [0.29, 0.717) is 6.54 Å². The average Bonchev–Trinajstić information content (AvgIpc) is 3.30. The van der Waals surface area contributed by atoms with E-state index in [4.69, 9.17) is 12.2 Å². The Morgan fingerprint density at radius 3 is 2.50 bits per heavy atom. The molecule has 160 valence electrons. The van der Waals surface area contributed by atoms with E-state index in [9.17, 15) is 0 Å². The molecule has 1 aliphatic rings. The Morgan fingerprint density at radius 2 is 1.78 bits per heavy atom. The quantitative estimate of drug-likeness (QED) is 0.441. The van der Waals surface area contributed by atoms with Gasteiger partial charge in [-0.2, -0.15) is 0 Å². The predicted octanol–water partition coefficient (Wildman–Crippen LogP) is 5.06. The van der Waals surface area contributed by atoms with Crippen LogP contribution in [0.1, 0.15) is 40.3 Å². The van der Waals surface area contributed by atoms with Crippen LogP contribution in [0.5, 0.6) is 0 Å².